The van der Waals surface area contributed by atoms with Gasteiger partial charge in [-0.2, -0.15) is 13.2 Å². The Morgan fingerprint density at radius 3 is 2.47 bits per heavy atom. The minimum Gasteiger partial charge on any atom is -0.497 e. The molecule has 0 fully saturated rings. The molecule has 2 aromatic rings. The monoisotopic (exact) mass is 271 g/mol. The van der Waals surface area contributed by atoms with E-state index in [1.54, 1.807) is 6.07 Å². The third-order valence-electron chi connectivity index (χ3n) is 2.53. The van der Waals surface area contributed by atoms with Gasteiger partial charge in [0.2, 0.25) is 0 Å². The molecule has 19 heavy (non-hydrogen) atoms. The second kappa shape index (κ2) is 4.87. The van der Waals surface area contributed by atoms with Crippen LogP contribution >= 0.6 is 0 Å². The van der Waals surface area contributed by atoms with Gasteiger partial charge in [-0.1, -0.05) is 0 Å². The number of rotatable bonds is 2. The average Bonchev–Trinajstić information content (AvgIpc) is 2.38. The molecule has 0 spiro atoms. The molecule has 0 amide bonds. The van der Waals surface area contributed by atoms with Crippen LogP contribution in [0.2, 0.25) is 0 Å². The standard InChI is InChI=1S/C13H9F4NO/c1-19-9-4-5-18-12(7-9)8-2-3-11(14)10(6-8)13(15,16)17/h2-7H,1H3. The Morgan fingerprint density at radius 2 is 1.84 bits per heavy atom. The molecule has 2 nitrogen and oxygen atoms in total. The van der Waals surface area contributed by atoms with Crippen LogP contribution in [0, 0.1) is 5.82 Å². The summed E-state index contributed by atoms with van der Waals surface area (Å²) >= 11 is 0. The number of halogens is 4. The van der Waals surface area contributed by atoms with Crippen LogP contribution in [-0.2, 0) is 6.18 Å². The van der Waals surface area contributed by atoms with Gasteiger partial charge in [0, 0.05) is 17.8 Å². The Hall–Kier alpha value is -2.11. The van der Waals surface area contributed by atoms with Gasteiger partial charge in [-0.15, -0.1) is 0 Å². The number of pyridine rings is 1. The van der Waals surface area contributed by atoms with E-state index >= 15 is 0 Å². The van der Waals surface area contributed by atoms with Crippen molar-refractivity contribution in [1.29, 1.82) is 0 Å². The van der Waals surface area contributed by atoms with Crippen molar-refractivity contribution in [3.05, 3.63) is 47.9 Å². The van der Waals surface area contributed by atoms with E-state index in [2.05, 4.69) is 4.98 Å². The van der Waals surface area contributed by atoms with Crippen molar-refractivity contribution in [2.24, 2.45) is 0 Å². The fourth-order valence-corrected chi connectivity index (χ4v) is 1.60. The highest BCUT2D eigenvalue weighted by molar-refractivity contribution is 5.61. The molecule has 6 heteroatoms. The van der Waals surface area contributed by atoms with Crippen LogP contribution in [0.5, 0.6) is 5.75 Å². The molecule has 0 radical (unpaired) electrons. The lowest BCUT2D eigenvalue weighted by Gasteiger charge is -2.10. The Bertz CT molecular complexity index is 595. The first-order valence-corrected chi connectivity index (χ1v) is 5.29. The summed E-state index contributed by atoms with van der Waals surface area (Å²) in [7, 11) is 1.44. The van der Waals surface area contributed by atoms with Gasteiger partial charge in [0.1, 0.15) is 11.6 Å². The van der Waals surface area contributed by atoms with Gasteiger partial charge in [-0.05, 0) is 24.3 Å². The van der Waals surface area contributed by atoms with Gasteiger partial charge in [0.15, 0.2) is 0 Å². The Balaban J connectivity index is 2.51. The zero-order valence-electron chi connectivity index (χ0n) is 9.83. The summed E-state index contributed by atoms with van der Waals surface area (Å²) in [5.74, 6) is -0.845. The molecular formula is C13H9F4NO. The molecule has 2 rings (SSSR count). The maximum absolute atomic E-state index is 13.2. The van der Waals surface area contributed by atoms with E-state index < -0.39 is 17.6 Å². The molecule has 0 saturated heterocycles. The molecule has 0 saturated carbocycles. The first-order valence-electron chi connectivity index (χ1n) is 5.29. The van der Waals surface area contributed by atoms with Gasteiger partial charge in [0.25, 0.3) is 0 Å². The predicted octanol–water partition coefficient (Wildman–Crippen LogP) is 3.92. The maximum Gasteiger partial charge on any atom is 0.419 e. The van der Waals surface area contributed by atoms with Gasteiger partial charge >= 0.3 is 6.18 Å². The van der Waals surface area contributed by atoms with E-state index in [0.717, 1.165) is 12.1 Å². The normalized spacial score (nSPS) is 11.4. The number of nitrogens with zero attached hydrogens (tertiary/aromatic N) is 1. The van der Waals surface area contributed by atoms with Crippen molar-refractivity contribution in [1.82, 2.24) is 4.98 Å². The van der Waals surface area contributed by atoms with Gasteiger partial charge in [-0.25, -0.2) is 4.39 Å². The third kappa shape index (κ3) is 2.83. The van der Waals surface area contributed by atoms with Crippen molar-refractivity contribution >= 4 is 0 Å². The number of hydrogen-bond donors (Lipinski definition) is 0. The third-order valence-corrected chi connectivity index (χ3v) is 2.53. The Labute approximate surface area is 106 Å². The Morgan fingerprint density at radius 1 is 1.11 bits per heavy atom. The second-order valence-electron chi connectivity index (χ2n) is 3.77. The first-order chi connectivity index (χ1) is 8.91. The lowest BCUT2D eigenvalue weighted by Crippen LogP contribution is -2.08. The fraction of sp³-hybridized carbons (Fsp3) is 0.154. The van der Waals surface area contributed by atoms with Crippen molar-refractivity contribution < 1.29 is 22.3 Å². The van der Waals surface area contributed by atoms with Crippen LogP contribution in [0.25, 0.3) is 11.3 Å². The van der Waals surface area contributed by atoms with Crippen LogP contribution < -0.4 is 4.74 Å². The highest BCUT2D eigenvalue weighted by Gasteiger charge is 2.34. The molecule has 0 aliphatic carbocycles. The summed E-state index contributed by atoms with van der Waals surface area (Å²) < 4.78 is 55.9. The van der Waals surface area contributed by atoms with E-state index in [4.69, 9.17) is 4.74 Å². The molecule has 0 N–H and O–H groups in total. The SMILES string of the molecule is COc1ccnc(-c2ccc(F)c(C(F)(F)F)c2)c1. The number of aromatic nitrogens is 1. The largest absolute Gasteiger partial charge is 0.497 e. The van der Waals surface area contributed by atoms with E-state index in [-0.39, 0.29) is 11.3 Å². The van der Waals surface area contributed by atoms with Crippen LogP contribution in [0.3, 0.4) is 0 Å². The maximum atomic E-state index is 13.2. The van der Waals surface area contributed by atoms with Crippen molar-refractivity contribution in [2.75, 3.05) is 7.11 Å². The van der Waals surface area contributed by atoms with E-state index in [9.17, 15) is 17.6 Å². The number of ether oxygens (including phenoxy) is 1. The van der Waals surface area contributed by atoms with Gasteiger partial charge < -0.3 is 4.74 Å². The van der Waals surface area contributed by atoms with E-state index in [1.165, 1.54) is 25.4 Å². The number of benzene rings is 1. The summed E-state index contributed by atoms with van der Waals surface area (Å²) in [6.07, 6.45) is -3.33. The minimum absolute atomic E-state index is 0.174. The zero-order chi connectivity index (χ0) is 14.0. The predicted molar refractivity (Wildman–Crippen MR) is 61.2 cm³/mol. The van der Waals surface area contributed by atoms with Gasteiger partial charge in [0.05, 0.1) is 18.4 Å². The summed E-state index contributed by atoms with van der Waals surface area (Å²) in [5.41, 5.74) is -0.855. The van der Waals surface area contributed by atoms with Crippen molar-refractivity contribution in [2.45, 2.75) is 6.18 Å². The first kappa shape index (κ1) is 13.3. The molecule has 1 aromatic carbocycles. The molecule has 0 aliphatic heterocycles. The highest BCUT2D eigenvalue weighted by Crippen LogP contribution is 2.34. The highest BCUT2D eigenvalue weighted by atomic mass is 19.4. The molecule has 0 aliphatic rings. The van der Waals surface area contributed by atoms with Crippen LogP contribution in [0.1, 0.15) is 5.56 Å². The minimum atomic E-state index is -4.74. The topological polar surface area (TPSA) is 22.1 Å². The molecule has 0 bridgehead atoms. The smallest absolute Gasteiger partial charge is 0.419 e. The summed E-state index contributed by atoms with van der Waals surface area (Å²) in [6.45, 7) is 0. The fourth-order valence-electron chi connectivity index (χ4n) is 1.60. The summed E-state index contributed by atoms with van der Waals surface area (Å²) in [5, 5.41) is 0. The molecule has 0 unspecified atom stereocenters. The average molecular weight is 271 g/mol. The van der Waals surface area contributed by atoms with Gasteiger partial charge in [-0.3, -0.25) is 4.98 Å². The lowest BCUT2D eigenvalue weighted by molar-refractivity contribution is -0.139. The molecule has 100 valence electrons. The second-order valence-corrected chi connectivity index (χ2v) is 3.77. The molecule has 1 aromatic heterocycles. The lowest BCUT2D eigenvalue weighted by atomic mass is 10.1. The van der Waals surface area contributed by atoms with Crippen LogP contribution in [-0.4, -0.2) is 12.1 Å². The van der Waals surface area contributed by atoms with E-state index in [0.29, 0.717) is 5.75 Å². The zero-order valence-corrected chi connectivity index (χ0v) is 9.83. The van der Waals surface area contributed by atoms with Crippen molar-refractivity contribution in [3.63, 3.8) is 0 Å². The molecule has 0 atom stereocenters. The number of alkyl halides is 3. The van der Waals surface area contributed by atoms with Crippen LogP contribution in [0.4, 0.5) is 17.6 Å². The van der Waals surface area contributed by atoms with Crippen molar-refractivity contribution in [3.8, 4) is 17.0 Å². The quantitative estimate of drug-likeness (QED) is 0.772. The molecule has 1 heterocycles. The Kier molecular flexibility index (Phi) is 3.42. The summed E-state index contributed by atoms with van der Waals surface area (Å²) in [4.78, 5) is 3.94. The van der Waals surface area contributed by atoms with E-state index in [1.807, 2.05) is 0 Å². The number of hydrogen-bond acceptors (Lipinski definition) is 2. The summed E-state index contributed by atoms with van der Waals surface area (Å²) in [6, 6.07) is 5.80. The van der Waals surface area contributed by atoms with Crippen LogP contribution in [0.15, 0.2) is 36.5 Å². The molecular weight excluding hydrogens is 262 g/mol. The number of methoxy groups -OCH3 is 1.